The minimum atomic E-state index is 0.151. The maximum Gasteiger partial charge on any atom is 0.101 e. The number of anilines is 1. The summed E-state index contributed by atoms with van der Waals surface area (Å²) in [5.74, 6) is 0. The Labute approximate surface area is 206 Å². The van der Waals surface area contributed by atoms with Gasteiger partial charge in [0, 0.05) is 81.3 Å². The molecule has 8 nitrogen and oxygen atoms in total. The molecule has 3 aliphatic heterocycles. The monoisotopic (exact) mass is 471 g/mol. The SMILES string of the molecule is CC1CN(c2ccc(C#N)c3ncccc23)CC(CN2CCC(n3cc4c(n3)CCNC4)CC2)O1. The van der Waals surface area contributed by atoms with E-state index in [9.17, 15) is 5.26 Å². The molecule has 2 atom stereocenters. The van der Waals surface area contributed by atoms with E-state index in [4.69, 9.17) is 9.84 Å². The standard InChI is InChI=1S/C27H33N7O/c1-19-15-33(26-5-4-20(13-28)27-24(26)3-2-9-30-27)18-23(35-19)17-32-11-7-22(8-12-32)34-16-21-14-29-10-6-25(21)31-34/h2-5,9,16,19,22-23,29H,6-8,10-12,14-15,17-18H2,1H3. The zero-order chi connectivity index (χ0) is 23.8. The summed E-state index contributed by atoms with van der Waals surface area (Å²) >= 11 is 0. The summed E-state index contributed by atoms with van der Waals surface area (Å²) in [4.78, 5) is 9.47. The average Bonchev–Trinajstić information content (AvgIpc) is 3.32. The lowest BCUT2D eigenvalue weighted by atomic mass is 10.0. The third kappa shape index (κ3) is 4.52. The molecule has 3 aromatic rings. The number of piperidine rings is 1. The fourth-order valence-corrected chi connectivity index (χ4v) is 5.96. The summed E-state index contributed by atoms with van der Waals surface area (Å²) in [5.41, 5.74) is 5.19. The van der Waals surface area contributed by atoms with Crippen molar-refractivity contribution in [2.75, 3.05) is 44.2 Å². The molecule has 6 rings (SSSR count). The molecule has 2 fully saturated rings. The van der Waals surface area contributed by atoms with Gasteiger partial charge in [0.2, 0.25) is 0 Å². The second kappa shape index (κ2) is 9.57. The van der Waals surface area contributed by atoms with E-state index < -0.39 is 0 Å². The summed E-state index contributed by atoms with van der Waals surface area (Å²) in [7, 11) is 0. The van der Waals surface area contributed by atoms with E-state index in [1.807, 2.05) is 12.1 Å². The van der Waals surface area contributed by atoms with E-state index in [-0.39, 0.29) is 12.2 Å². The number of rotatable bonds is 4. The summed E-state index contributed by atoms with van der Waals surface area (Å²) in [6.45, 7) is 8.92. The van der Waals surface area contributed by atoms with Crippen LogP contribution in [0.4, 0.5) is 5.69 Å². The van der Waals surface area contributed by atoms with Crippen LogP contribution in [0.5, 0.6) is 0 Å². The zero-order valence-electron chi connectivity index (χ0n) is 20.4. The first kappa shape index (κ1) is 22.5. The molecule has 2 aromatic heterocycles. The number of likely N-dealkylation sites (tertiary alicyclic amines) is 1. The van der Waals surface area contributed by atoms with E-state index in [2.05, 4.69) is 56.1 Å². The molecule has 0 aliphatic carbocycles. The molecule has 0 spiro atoms. The van der Waals surface area contributed by atoms with Crippen LogP contribution < -0.4 is 10.2 Å². The highest BCUT2D eigenvalue weighted by Crippen LogP contribution is 2.31. The number of hydrogen-bond donors (Lipinski definition) is 1. The molecule has 1 aromatic carbocycles. The van der Waals surface area contributed by atoms with Gasteiger partial charge in [-0.1, -0.05) is 0 Å². The van der Waals surface area contributed by atoms with Gasteiger partial charge in [-0.2, -0.15) is 10.4 Å². The highest BCUT2D eigenvalue weighted by Gasteiger charge is 2.30. The number of aromatic nitrogens is 3. The quantitative estimate of drug-likeness (QED) is 0.627. The Morgan fingerprint density at radius 2 is 2.09 bits per heavy atom. The fourth-order valence-electron chi connectivity index (χ4n) is 5.96. The summed E-state index contributed by atoms with van der Waals surface area (Å²) < 4.78 is 8.62. The molecule has 2 saturated heterocycles. The zero-order valence-corrected chi connectivity index (χ0v) is 20.4. The van der Waals surface area contributed by atoms with Gasteiger partial charge >= 0.3 is 0 Å². The van der Waals surface area contributed by atoms with Crippen molar-refractivity contribution in [2.24, 2.45) is 0 Å². The lowest BCUT2D eigenvalue weighted by molar-refractivity contribution is -0.0359. The number of nitriles is 1. The molecular formula is C27H33N7O. The predicted molar refractivity (Wildman–Crippen MR) is 135 cm³/mol. The van der Waals surface area contributed by atoms with E-state index in [0.717, 1.165) is 81.7 Å². The van der Waals surface area contributed by atoms with Gasteiger partial charge in [-0.25, -0.2) is 0 Å². The fraction of sp³-hybridized carbons (Fsp3) is 0.519. The van der Waals surface area contributed by atoms with Gasteiger partial charge in [0.25, 0.3) is 0 Å². The molecular weight excluding hydrogens is 438 g/mol. The number of benzene rings is 1. The average molecular weight is 472 g/mol. The minimum Gasteiger partial charge on any atom is -0.370 e. The van der Waals surface area contributed by atoms with Crippen molar-refractivity contribution < 1.29 is 4.74 Å². The van der Waals surface area contributed by atoms with Crippen LogP contribution in [0.1, 0.15) is 42.6 Å². The van der Waals surface area contributed by atoms with Gasteiger partial charge in [-0.15, -0.1) is 0 Å². The van der Waals surface area contributed by atoms with Crippen LogP contribution >= 0.6 is 0 Å². The first-order chi connectivity index (χ1) is 17.2. The molecule has 1 N–H and O–H groups in total. The maximum absolute atomic E-state index is 9.50. The lowest BCUT2D eigenvalue weighted by Gasteiger charge is -2.41. The van der Waals surface area contributed by atoms with Crippen LogP contribution in [0.15, 0.2) is 36.7 Å². The van der Waals surface area contributed by atoms with Crippen LogP contribution in [-0.2, 0) is 17.7 Å². The minimum absolute atomic E-state index is 0.151. The van der Waals surface area contributed by atoms with Crippen LogP contribution in [-0.4, -0.2) is 71.1 Å². The number of pyridine rings is 1. The van der Waals surface area contributed by atoms with Gasteiger partial charge < -0.3 is 19.9 Å². The predicted octanol–water partition coefficient (Wildman–Crippen LogP) is 2.88. The molecule has 0 bridgehead atoms. The second-order valence-corrected chi connectivity index (χ2v) is 10.2. The van der Waals surface area contributed by atoms with Crippen LogP contribution in [0.2, 0.25) is 0 Å². The van der Waals surface area contributed by atoms with E-state index in [1.54, 1.807) is 6.20 Å². The largest absolute Gasteiger partial charge is 0.370 e. The Hall–Kier alpha value is -2.99. The van der Waals surface area contributed by atoms with Gasteiger partial charge in [-0.05, 0) is 44.0 Å². The van der Waals surface area contributed by atoms with Gasteiger partial charge in [0.1, 0.15) is 6.07 Å². The number of hydrogen-bond acceptors (Lipinski definition) is 7. The van der Waals surface area contributed by atoms with E-state index in [1.165, 1.54) is 11.3 Å². The van der Waals surface area contributed by atoms with Crippen LogP contribution in [0.25, 0.3) is 10.9 Å². The molecule has 5 heterocycles. The normalized spacial score (nSPS) is 23.8. The molecule has 35 heavy (non-hydrogen) atoms. The number of morpholine rings is 1. The van der Waals surface area contributed by atoms with Crippen molar-refractivity contribution in [1.29, 1.82) is 5.26 Å². The van der Waals surface area contributed by atoms with E-state index >= 15 is 0 Å². The van der Waals surface area contributed by atoms with Crippen molar-refractivity contribution in [3.8, 4) is 6.07 Å². The first-order valence-corrected chi connectivity index (χ1v) is 12.9. The van der Waals surface area contributed by atoms with Crippen molar-refractivity contribution in [1.82, 2.24) is 25.0 Å². The Balaban J connectivity index is 1.11. The van der Waals surface area contributed by atoms with Crippen molar-refractivity contribution in [2.45, 2.75) is 51.0 Å². The summed E-state index contributed by atoms with van der Waals surface area (Å²) in [5, 5.41) is 18.9. The van der Waals surface area contributed by atoms with Gasteiger partial charge in [0.15, 0.2) is 0 Å². The second-order valence-electron chi connectivity index (χ2n) is 10.2. The van der Waals surface area contributed by atoms with Crippen molar-refractivity contribution in [3.63, 3.8) is 0 Å². The molecule has 8 heteroatoms. The van der Waals surface area contributed by atoms with Crippen LogP contribution in [0.3, 0.4) is 0 Å². The molecule has 182 valence electrons. The highest BCUT2D eigenvalue weighted by molar-refractivity contribution is 5.95. The Bertz CT molecular complexity index is 1220. The summed E-state index contributed by atoms with van der Waals surface area (Å²) in [6.07, 6.45) is 7.63. The molecule has 0 saturated carbocycles. The first-order valence-electron chi connectivity index (χ1n) is 12.9. The Morgan fingerprint density at radius 1 is 1.20 bits per heavy atom. The third-order valence-electron chi connectivity index (χ3n) is 7.68. The molecule has 0 radical (unpaired) electrons. The summed E-state index contributed by atoms with van der Waals surface area (Å²) in [6, 6.07) is 10.8. The Kier molecular flexibility index (Phi) is 6.15. The number of ether oxygens (including phenoxy) is 1. The number of nitrogens with zero attached hydrogens (tertiary/aromatic N) is 6. The van der Waals surface area contributed by atoms with Gasteiger partial charge in [-0.3, -0.25) is 9.67 Å². The smallest absolute Gasteiger partial charge is 0.101 e. The third-order valence-corrected chi connectivity index (χ3v) is 7.68. The lowest BCUT2D eigenvalue weighted by Crippen LogP contribution is -2.51. The van der Waals surface area contributed by atoms with Gasteiger partial charge in [0.05, 0.1) is 35.0 Å². The molecule has 2 unspecified atom stereocenters. The topological polar surface area (TPSA) is 82.2 Å². The maximum atomic E-state index is 9.50. The molecule has 3 aliphatic rings. The number of nitrogens with one attached hydrogen (secondary N) is 1. The Morgan fingerprint density at radius 3 is 2.91 bits per heavy atom. The van der Waals surface area contributed by atoms with Crippen molar-refractivity contribution >= 4 is 16.6 Å². The molecule has 0 amide bonds. The van der Waals surface area contributed by atoms with E-state index in [0.29, 0.717) is 11.6 Å². The highest BCUT2D eigenvalue weighted by atomic mass is 16.5. The number of fused-ring (bicyclic) bond motifs is 2. The van der Waals surface area contributed by atoms with Crippen molar-refractivity contribution in [3.05, 3.63) is 53.5 Å². The van der Waals surface area contributed by atoms with Crippen LogP contribution in [0, 0.1) is 11.3 Å².